The molecule has 1 N–H and O–H groups in total. The molecular formula is C13H13F2NO4. The number of alkyl halides is 2. The van der Waals surface area contributed by atoms with Crippen LogP contribution in [0.4, 0.5) is 8.78 Å². The number of hydrogen-bond acceptors (Lipinski definition) is 5. The summed E-state index contributed by atoms with van der Waals surface area (Å²) in [7, 11) is 0. The second-order valence-corrected chi connectivity index (χ2v) is 3.71. The number of nitrogens with zero attached hydrogens (tertiary/aromatic N) is 1. The second-order valence-electron chi connectivity index (χ2n) is 3.71. The number of nitriles is 1. The fourth-order valence-corrected chi connectivity index (χ4v) is 1.69. The van der Waals surface area contributed by atoms with Gasteiger partial charge in [-0.3, -0.25) is 4.79 Å². The van der Waals surface area contributed by atoms with Crippen LogP contribution in [0.5, 0.6) is 5.75 Å². The summed E-state index contributed by atoms with van der Waals surface area (Å²) in [4.78, 5) is 11.4. The topological polar surface area (TPSA) is 79.6 Å². The summed E-state index contributed by atoms with van der Waals surface area (Å²) >= 11 is 0. The zero-order valence-corrected chi connectivity index (χ0v) is 10.7. The minimum Gasteiger partial charge on any atom is -0.466 e. The Labute approximate surface area is 114 Å². The fraction of sp³-hybridized carbons (Fsp3) is 0.385. The molecule has 0 saturated heterocycles. The Kier molecular flexibility index (Phi) is 5.87. The van der Waals surface area contributed by atoms with Gasteiger partial charge in [0.25, 0.3) is 0 Å². The van der Waals surface area contributed by atoms with Crippen LogP contribution >= 0.6 is 0 Å². The van der Waals surface area contributed by atoms with E-state index in [1.807, 2.05) is 0 Å². The molecule has 0 aliphatic rings. The SMILES string of the molecule is CCOC(=O)Cc1ccc(OC(F)F)c(CO)c1C#N. The van der Waals surface area contributed by atoms with Gasteiger partial charge in [0.05, 0.1) is 31.3 Å². The van der Waals surface area contributed by atoms with Crippen molar-refractivity contribution in [3.8, 4) is 11.8 Å². The van der Waals surface area contributed by atoms with Crippen LogP contribution in [0.3, 0.4) is 0 Å². The zero-order valence-electron chi connectivity index (χ0n) is 10.7. The van der Waals surface area contributed by atoms with Crippen LogP contribution in [-0.4, -0.2) is 24.3 Å². The summed E-state index contributed by atoms with van der Waals surface area (Å²) in [6.45, 7) is -1.88. The Hall–Kier alpha value is -2.20. The number of rotatable bonds is 6. The molecule has 1 aromatic rings. The monoisotopic (exact) mass is 285 g/mol. The van der Waals surface area contributed by atoms with Gasteiger partial charge in [-0.15, -0.1) is 0 Å². The molecule has 0 amide bonds. The van der Waals surface area contributed by atoms with Gasteiger partial charge in [0.1, 0.15) is 5.75 Å². The summed E-state index contributed by atoms with van der Waals surface area (Å²) in [5.41, 5.74) is 0.157. The Morgan fingerprint density at radius 2 is 2.20 bits per heavy atom. The number of carbonyl (C=O) groups is 1. The van der Waals surface area contributed by atoms with E-state index in [9.17, 15) is 18.7 Å². The smallest absolute Gasteiger partial charge is 0.387 e. The molecule has 7 heteroatoms. The van der Waals surface area contributed by atoms with E-state index in [2.05, 4.69) is 4.74 Å². The number of aliphatic hydroxyl groups is 1. The molecule has 0 heterocycles. The lowest BCUT2D eigenvalue weighted by Crippen LogP contribution is -2.11. The molecule has 20 heavy (non-hydrogen) atoms. The second kappa shape index (κ2) is 7.40. The van der Waals surface area contributed by atoms with Gasteiger partial charge in [-0.05, 0) is 18.6 Å². The van der Waals surface area contributed by atoms with Crippen molar-refractivity contribution in [3.63, 3.8) is 0 Å². The van der Waals surface area contributed by atoms with Crippen molar-refractivity contribution in [2.24, 2.45) is 0 Å². The van der Waals surface area contributed by atoms with Crippen molar-refractivity contribution in [1.29, 1.82) is 5.26 Å². The number of ether oxygens (including phenoxy) is 2. The maximum absolute atomic E-state index is 12.2. The minimum atomic E-state index is -3.07. The highest BCUT2D eigenvalue weighted by Crippen LogP contribution is 2.27. The third-order valence-corrected chi connectivity index (χ3v) is 2.48. The average molecular weight is 285 g/mol. The third kappa shape index (κ3) is 3.90. The lowest BCUT2D eigenvalue weighted by Gasteiger charge is -2.13. The van der Waals surface area contributed by atoms with Gasteiger partial charge in [0.2, 0.25) is 0 Å². The molecule has 5 nitrogen and oxygen atoms in total. The van der Waals surface area contributed by atoms with Crippen LogP contribution in [0.2, 0.25) is 0 Å². The van der Waals surface area contributed by atoms with Crippen LogP contribution in [0.25, 0.3) is 0 Å². The van der Waals surface area contributed by atoms with Crippen molar-refractivity contribution in [1.82, 2.24) is 0 Å². The highest BCUT2D eigenvalue weighted by molar-refractivity contribution is 5.74. The van der Waals surface area contributed by atoms with E-state index in [0.717, 1.165) is 0 Å². The number of benzene rings is 1. The fourth-order valence-electron chi connectivity index (χ4n) is 1.69. The molecular weight excluding hydrogens is 272 g/mol. The molecule has 0 fully saturated rings. The van der Waals surface area contributed by atoms with Crippen LogP contribution < -0.4 is 4.74 Å². The average Bonchev–Trinajstić information content (AvgIpc) is 2.39. The summed E-state index contributed by atoms with van der Waals surface area (Å²) in [6.07, 6.45) is -0.182. The van der Waals surface area contributed by atoms with Gasteiger partial charge in [-0.25, -0.2) is 0 Å². The first-order valence-corrected chi connectivity index (χ1v) is 5.79. The van der Waals surface area contributed by atoms with Crippen molar-refractivity contribution < 1.29 is 28.2 Å². The van der Waals surface area contributed by atoms with E-state index in [1.165, 1.54) is 12.1 Å². The quantitative estimate of drug-likeness (QED) is 0.806. The first-order valence-electron chi connectivity index (χ1n) is 5.79. The number of aliphatic hydroxyl groups excluding tert-OH is 1. The number of hydrogen-bond donors (Lipinski definition) is 1. The van der Waals surface area contributed by atoms with E-state index in [0.29, 0.717) is 0 Å². The van der Waals surface area contributed by atoms with Crippen LogP contribution in [0.1, 0.15) is 23.6 Å². The molecule has 0 radical (unpaired) electrons. The van der Waals surface area contributed by atoms with Crippen molar-refractivity contribution in [2.45, 2.75) is 26.6 Å². The van der Waals surface area contributed by atoms with E-state index >= 15 is 0 Å². The summed E-state index contributed by atoms with van der Waals surface area (Å²) in [6, 6.07) is 4.30. The molecule has 0 aliphatic carbocycles. The first kappa shape index (κ1) is 15.9. The predicted octanol–water partition coefficient (Wildman–Crippen LogP) is 1.76. The largest absolute Gasteiger partial charge is 0.466 e. The summed E-state index contributed by atoms with van der Waals surface area (Å²) < 4.78 is 33.4. The molecule has 0 aromatic heterocycles. The Balaban J connectivity index is 3.15. The Morgan fingerprint density at radius 1 is 1.50 bits per heavy atom. The molecule has 0 unspecified atom stereocenters. The van der Waals surface area contributed by atoms with Crippen LogP contribution in [-0.2, 0) is 22.6 Å². The van der Waals surface area contributed by atoms with Crippen LogP contribution in [0.15, 0.2) is 12.1 Å². The van der Waals surface area contributed by atoms with Crippen molar-refractivity contribution >= 4 is 5.97 Å². The number of halogens is 2. The lowest BCUT2D eigenvalue weighted by atomic mass is 9.99. The molecule has 108 valence electrons. The maximum atomic E-state index is 12.2. The molecule has 1 aromatic carbocycles. The summed E-state index contributed by atoms with van der Waals surface area (Å²) in [5.74, 6) is -0.831. The minimum absolute atomic E-state index is 0.0568. The van der Waals surface area contributed by atoms with Gasteiger partial charge in [0.15, 0.2) is 0 Å². The van der Waals surface area contributed by atoms with Crippen molar-refractivity contribution in [2.75, 3.05) is 6.61 Å². The standard InChI is InChI=1S/C13H13F2NO4/c1-2-19-12(18)5-8-3-4-11(20-13(14)15)10(7-17)9(8)6-16/h3-4,13,17H,2,5,7H2,1H3. The van der Waals surface area contributed by atoms with Gasteiger partial charge >= 0.3 is 12.6 Å². The zero-order chi connectivity index (χ0) is 15.1. The van der Waals surface area contributed by atoms with E-state index in [-0.39, 0.29) is 35.5 Å². The first-order chi connectivity index (χ1) is 9.53. The van der Waals surface area contributed by atoms with Gasteiger partial charge in [0, 0.05) is 5.56 Å². The van der Waals surface area contributed by atoms with Crippen LogP contribution in [0, 0.1) is 11.3 Å². The molecule has 0 aliphatic heterocycles. The number of carbonyl (C=O) groups excluding carboxylic acids is 1. The predicted molar refractivity (Wildman–Crippen MR) is 64.0 cm³/mol. The molecule has 0 saturated carbocycles. The van der Waals surface area contributed by atoms with Gasteiger partial charge in [-0.1, -0.05) is 6.07 Å². The summed E-state index contributed by atoms with van der Waals surface area (Å²) in [5, 5.41) is 18.3. The Morgan fingerprint density at radius 3 is 2.70 bits per heavy atom. The van der Waals surface area contributed by atoms with E-state index in [1.54, 1.807) is 13.0 Å². The van der Waals surface area contributed by atoms with Gasteiger partial charge < -0.3 is 14.6 Å². The van der Waals surface area contributed by atoms with E-state index < -0.39 is 19.2 Å². The molecule has 0 atom stereocenters. The lowest BCUT2D eigenvalue weighted by molar-refractivity contribution is -0.142. The van der Waals surface area contributed by atoms with Crippen molar-refractivity contribution in [3.05, 3.63) is 28.8 Å². The molecule has 0 spiro atoms. The van der Waals surface area contributed by atoms with Gasteiger partial charge in [-0.2, -0.15) is 14.0 Å². The number of esters is 1. The highest BCUT2D eigenvalue weighted by Gasteiger charge is 2.18. The Bertz CT molecular complexity index is 526. The molecule has 1 rings (SSSR count). The molecule has 0 bridgehead atoms. The maximum Gasteiger partial charge on any atom is 0.387 e. The third-order valence-electron chi connectivity index (χ3n) is 2.48. The normalized spacial score (nSPS) is 10.2. The van der Waals surface area contributed by atoms with E-state index in [4.69, 9.17) is 10.00 Å². The highest BCUT2D eigenvalue weighted by atomic mass is 19.3.